The number of nitrogens with one attached hydrogen (secondary N) is 1. The first-order valence-corrected chi connectivity index (χ1v) is 7.94. The predicted molar refractivity (Wildman–Crippen MR) is 92.2 cm³/mol. The highest BCUT2D eigenvalue weighted by molar-refractivity contribution is 5.95. The van der Waals surface area contributed by atoms with E-state index in [1.807, 2.05) is 29.2 Å². The third-order valence-corrected chi connectivity index (χ3v) is 4.06. The number of aromatic nitrogens is 1. The summed E-state index contributed by atoms with van der Waals surface area (Å²) in [4.78, 5) is 18.5. The molecule has 2 aromatic rings. The molecule has 1 aromatic heterocycles. The lowest BCUT2D eigenvalue weighted by Gasteiger charge is -2.16. The molecule has 0 atom stereocenters. The maximum absolute atomic E-state index is 12.5. The van der Waals surface area contributed by atoms with E-state index >= 15 is 0 Å². The Bertz CT molecular complexity index is 727. The fraction of sp³-hybridized carbons (Fsp3) is 0.333. The van der Waals surface area contributed by atoms with Gasteiger partial charge in [-0.25, -0.2) is 0 Å². The van der Waals surface area contributed by atoms with Crippen molar-refractivity contribution in [1.29, 1.82) is 0 Å². The van der Waals surface area contributed by atoms with E-state index in [0.29, 0.717) is 11.3 Å². The maximum Gasteiger partial charge on any atom is 0.255 e. The van der Waals surface area contributed by atoms with Crippen LogP contribution in [0, 0.1) is 0 Å². The molecule has 1 aliphatic rings. The van der Waals surface area contributed by atoms with Crippen LogP contribution in [-0.2, 0) is 0 Å². The largest absolute Gasteiger partial charge is 0.497 e. The molecule has 0 saturated carbocycles. The quantitative estimate of drug-likeness (QED) is 0.914. The number of nitrogens with zero attached hydrogens (tertiary/aromatic N) is 2. The lowest BCUT2D eigenvalue weighted by molar-refractivity contribution is 0.0792. The van der Waals surface area contributed by atoms with Gasteiger partial charge in [-0.1, -0.05) is 0 Å². The number of hydrogen-bond acceptors (Lipinski definition) is 5. The number of anilines is 2. The van der Waals surface area contributed by atoms with E-state index in [0.717, 1.165) is 43.1 Å². The summed E-state index contributed by atoms with van der Waals surface area (Å²) in [6, 6.07) is 7.31. The van der Waals surface area contributed by atoms with E-state index in [1.165, 1.54) is 0 Å². The Morgan fingerprint density at radius 1 is 1.12 bits per heavy atom. The Balaban J connectivity index is 1.83. The zero-order valence-corrected chi connectivity index (χ0v) is 13.9. The second-order valence-electron chi connectivity index (χ2n) is 5.65. The predicted octanol–water partition coefficient (Wildman–Crippen LogP) is 3.08. The third-order valence-electron chi connectivity index (χ3n) is 4.06. The summed E-state index contributed by atoms with van der Waals surface area (Å²) < 4.78 is 10.6. The van der Waals surface area contributed by atoms with Crippen molar-refractivity contribution in [3.63, 3.8) is 0 Å². The summed E-state index contributed by atoms with van der Waals surface area (Å²) in [5.74, 6) is 1.43. The van der Waals surface area contributed by atoms with E-state index in [4.69, 9.17) is 9.47 Å². The lowest BCUT2D eigenvalue weighted by Crippen LogP contribution is -2.27. The first-order chi connectivity index (χ1) is 11.7. The SMILES string of the molecule is COc1ccc(OC)c(Nc2cncc(C(=O)N3CCCC3)c2)c1. The summed E-state index contributed by atoms with van der Waals surface area (Å²) >= 11 is 0. The molecule has 1 amide bonds. The lowest BCUT2D eigenvalue weighted by atomic mass is 10.2. The maximum atomic E-state index is 12.5. The number of hydrogen-bond donors (Lipinski definition) is 1. The van der Waals surface area contributed by atoms with Crippen molar-refractivity contribution in [2.45, 2.75) is 12.8 Å². The molecule has 6 heteroatoms. The fourth-order valence-corrected chi connectivity index (χ4v) is 2.80. The van der Waals surface area contributed by atoms with Crippen LogP contribution in [-0.4, -0.2) is 43.1 Å². The van der Waals surface area contributed by atoms with Gasteiger partial charge in [0.2, 0.25) is 0 Å². The van der Waals surface area contributed by atoms with Crippen LogP contribution in [0.1, 0.15) is 23.2 Å². The standard InChI is InChI=1S/C18H21N3O3/c1-23-15-5-6-17(24-2)16(10-15)20-14-9-13(11-19-12-14)18(22)21-7-3-4-8-21/h5-6,9-12,20H,3-4,7-8H2,1-2H3. The molecule has 0 spiro atoms. The van der Waals surface area contributed by atoms with Gasteiger partial charge in [0.15, 0.2) is 0 Å². The molecule has 0 bridgehead atoms. The molecule has 1 fully saturated rings. The third kappa shape index (κ3) is 3.42. The minimum absolute atomic E-state index is 0.0289. The number of carbonyl (C=O) groups is 1. The molecular weight excluding hydrogens is 306 g/mol. The second kappa shape index (κ2) is 7.21. The van der Waals surface area contributed by atoms with Gasteiger partial charge >= 0.3 is 0 Å². The van der Waals surface area contributed by atoms with Crippen molar-refractivity contribution in [3.8, 4) is 11.5 Å². The van der Waals surface area contributed by atoms with Gasteiger partial charge in [0, 0.05) is 25.4 Å². The number of benzene rings is 1. The minimum Gasteiger partial charge on any atom is -0.497 e. The Morgan fingerprint density at radius 2 is 1.92 bits per heavy atom. The van der Waals surface area contributed by atoms with Gasteiger partial charge in [-0.05, 0) is 31.0 Å². The molecule has 126 valence electrons. The molecule has 0 aliphatic carbocycles. The van der Waals surface area contributed by atoms with Crippen molar-refractivity contribution in [1.82, 2.24) is 9.88 Å². The average Bonchev–Trinajstić information content (AvgIpc) is 3.16. The van der Waals surface area contributed by atoms with Gasteiger partial charge in [-0.2, -0.15) is 0 Å². The highest BCUT2D eigenvalue weighted by Gasteiger charge is 2.20. The monoisotopic (exact) mass is 327 g/mol. The Hall–Kier alpha value is -2.76. The molecule has 1 aliphatic heterocycles. The molecule has 0 unspecified atom stereocenters. The highest BCUT2D eigenvalue weighted by atomic mass is 16.5. The topological polar surface area (TPSA) is 63.7 Å². The van der Waals surface area contributed by atoms with E-state index in [1.54, 1.807) is 26.6 Å². The summed E-state index contributed by atoms with van der Waals surface area (Å²) in [6.07, 6.45) is 5.42. The van der Waals surface area contributed by atoms with E-state index in [-0.39, 0.29) is 5.91 Å². The zero-order valence-electron chi connectivity index (χ0n) is 13.9. The van der Waals surface area contributed by atoms with E-state index in [9.17, 15) is 4.79 Å². The molecule has 1 saturated heterocycles. The van der Waals surface area contributed by atoms with Crippen molar-refractivity contribution in [2.75, 3.05) is 32.6 Å². The highest BCUT2D eigenvalue weighted by Crippen LogP contribution is 2.31. The fourth-order valence-electron chi connectivity index (χ4n) is 2.80. The van der Waals surface area contributed by atoms with Crippen LogP contribution >= 0.6 is 0 Å². The molecule has 0 radical (unpaired) electrons. The van der Waals surface area contributed by atoms with Crippen LogP contribution in [0.15, 0.2) is 36.7 Å². The van der Waals surface area contributed by atoms with Crippen molar-refractivity contribution in [3.05, 3.63) is 42.2 Å². The minimum atomic E-state index is 0.0289. The van der Waals surface area contributed by atoms with Crippen LogP contribution in [0.5, 0.6) is 11.5 Å². The molecule has 1 aromatic carbocycles. The Morgan fingerprint density at radius 3 is 2.62 bits per heavy atom. The number of carbonyl (C=O) groups excluding carboxylic acids is 1. The first-order valence-electron chi connectivity index (χ1n) is 7.94. The van der Waals surface area contributed by atoms with Crippen LogP contribution < -0.4 is 14.8 Å². The number of amides is 1. The Labute approximate surface area is 141 Å². The van der Waals surface area contributed by atoms with Crippen LogP contribution in [0.25, 0.3) is 0 Å². The number of ether oxygens (including phenoxy) is 2. The summed E-state index contributed by atoms with van der Waals surface area (Å²) in [5.41, 5.74) is 2.07. The summed E-state index contributed by atoms with van der Waals surface area (Å²) in [7, 11) is 3.22. The van der Waals surface area contributed by atoms with Gasteiger partial charge in [0.05, 0.1) is 37.4 Å². The molecule has 3 rings (SSSR count). The average molecular weight is 327 g/mol. The second-order valence-corrected chi connectivity index (χ2v) is 5.65. The molecule has 1 N–H and O–H groups in total. The van der Waals surface area contributed by atoms with Gasteiger partial charge < -0.3 is 19.7 Å². The van der Waals surface area contributed by atoms with E-state index in [2.05, 4.69) is 10.3 Å². The van der Waals surface area contributed by atoms with Gasteiger partial charge in [0.25, 0.3) is 5.91 Å². The van der Waals surface area contributed by atoms with Crippen LogP contribution in [0.2, 0.25) is 0 Å². The normalized spacial score (nSPS) is 13.7. The van der Waals surface area contributed by atoms with Crippen LogP contribution in [0.4, 0.5) is 11.4 Å². The molecule has 2 heterocycles. The van der Waals surface area contributed by atoms with Crippen LogP contribution in [0.3, 0.4) is 0 Å². The van der Waals surface area contributed by atoms with Gasteiger partial charge in [-0.3, -0.25) is 9.78 Å². The van der Waals surface area contributed by atoms with Crippen molar-refractivity contribution in [2.24, 2.45) is 0 Å². The number of likely N-dealkylation sites (tertiary alicyclic amines) is 1. The van der Waals surface area contributed by atoms with Gasteiger partial charge in [0.1, 0.15) is 11.5 Å². The first kappa shape index (κ1) is 16.1. The zero-order chi connectivity index (χ0) is 16.9. The number of rotatable bonds is 5. The van der Waals surface area contributed by atoms with Gasteiger partial charge in [-0.15, -0.1) is 0 Å². The smallest absolute Gasteiger partial charge is 0.255 e. The molecular formula is C18H21N3O3. The Kier molecular flexibility index (Phi) is 4.84. The van der Waals surface area contributed by atoms with E-state index < -0.39 is 0 Å². The van der Waals surface area contributed by atoms with Crippen molar-refractivity contribution < 1.29 is 14.3 Å². The summed E-state index contributed by atoms with van der Waals surface area (Å²) in [5, 5.41) is 3.25. The molecule has 6 nitrogen and oxygen atoms in total. The number of pyridine rings is 1. The number of methoxy groups -OCH3 is 2. The molecule has 24 heavy (non-hydrogen) atoms. The van der Waals surface area contributed by atoms with Crippen molar-refractivity contribution >= 4 is 17.3 Å². The summed E-state index contributed by atoms with van der Waals surface area (Å²) in [6.45, 7) is 1.64.